The lowest BCUT2D eigenvalue weighted by molar-refractivity contribution is -0.263. The van der Waals surface area contributed by atoms with E-state index >= 15 is 0 Å². The van der Waals surface area contributed by atoms with Gasteiger partial charge in [0.05, 0.1) is 6.54 Å². The van der Waals surface area contributed by atoms with Crippen molar-refractivity contribution in [3.63, 3.8) is 0 Å². The standard InChI is InChI=1S/C22H18F3NO2/c23-22(24,25)21(28,19-9-5-2-6-10-19)15-26-20(27)18-13-11-17(12-14-18)16-7-3-1-4-8-16/h1-14,28H,15H2,(H,26,27). The number of hydrogen-bond donors (Lipinski definition) is 2. The first kappa shape index (κ1) is 19.6. The maximum absolute atomic E-state index is 13.5. The van der Waals surface area contributed by atoms with Gasteiger partial charge in [-0.25, -0.2) is 0 Å². The van der Waals surface area contributed by atoms with E-state index in [9.17, 15) is 23.1 Å². The molecule has 0 aliphatic heterocycles. The topological polar surface area (TPSA) is 49.3 Å². The van der Waals surface area contributed by atoms with Gasteiger partial charge in [0, 0.05) is 5.56 Å². The third-order valence-electron chi connectivity index (χ3n) is 4.48. The second-order valence-corrected chi connectivity index (χ2v) is 6.35. The van der Waals surface area contributed by atoms with E-state index in [-0.39, 0.29) is 11.1 Å². The van der Waals surface area contributed by atoms with Gasteiger partial charge in [-0.2, -0.15) is 13.2 Å². The van der Waals surface area contributed by atoms with E-state index in [2.05, 4.69) is 5.32 Å². The van der Waals surface area contributed by atoms with Crippen molar-refractivity contribution in [1.82, 2.24) is 5.32 Å². The highest BCUT2D eigenvalue weighted by atomic mass is 19.4. The fourth-order valence-electron chi connectivity index (χ4n) is 2.83. The molecule has 0 saturated heterocycles. The van der Waals surface area contributed by atoms with Gasteiger partial charge in [0.15, 0.2) is 0 Å². The number of amides is 1. The summed E-state index contributed by atoms with van der Waals surface area (Å²) in [5, 5.41) is 12.5. The van der Waals surface area contributed by atoms with Crippen LogP contribution in [-0.4, -0.2) is 23.7 Å². The molecule has 0 aliphatic carbocycles. The van der Waals surface area contributed by atoms with E-state index in [1.54, 1.807) is 18.2 Å². The second kappa shape index (κ2) is 7.86. The Balaban J connectivity index is 1.75. The number of rotatable bonds is 5. The second-order valence-electron chi connectivity index (χ2n) is 6.35. The first-order valence-electron chi connectivity index (χ1n) is 8.59. The van der Waals surface area contributed by atoms with Crippen molar-refractivity contribution >= 4 is 5.91 Å². The van der Waals surface area contributed by atoms with Crippen LogP contribution in [0.25, 0.3) is 11.1 Å². The van der Waals surface area contributed by atoms with Crippen LogP contribution in [0, 0.1) is 0 Å². The van der Waals surface area contributed by atoms with Gasteiger partial charge in [-0.05, 0) is 28.8 Å². The molecule has 0 spiro atoms. The minimum absolute atomic E-state index is 0.206. The summed E-state index contributed by atoms with van der Waals surface area (Å²) in [7, 11) is 0. The van der Waals surface area contributed by atoms with E-state index < -0.39 is 24.2 Å². The minimum atomic E-state index is -4.95. The van der Waals surface area contributed by atoms with Crippen LogP contribution in [0.4, 0.5) is 13.2 Å². The average molecular weight is 385 g/mol. The average Bonchev–Trinajstić information content (AvgIpc) is 2.72. The third kappa shape index (κ3) is 4.07. The van der Waals surface area contributed by atoms with Crippen LogP contribution in [0.5, 0.6) is 0 Å². The van der Waals surface area contributed by atoms with E-state index in [4.69, 9.17) is 0 Å². The smallest absolute Gasteiger partial charge is 0.375 e. The predicted molar refractivity (Wildman–Crippen MR) is 101 cm³/mol. The molecule has 1 unspecified atom stereocenters. The zero-order valence-electron chi connectivity index (χ0n) is 14.8. The van der Waals surface area contributed by atoms with Gasteiger partial charge in [-0.15, -0.1) is 0 Å². The number of aliphatic hydroxyl groups is 1. The van der Waals surface area contributed by atoms with Crippen LogP contribution < -0.4 is 5.32 Å². The number of hydrogen-bond acceptors (Lipinski definition) is 2. The molecule has 1 atom stereocenters. The molecule has 0 aliphatic rings. The Morgan fingerprint density at radius 1 is 0.786 bits per heavy atom. The highest BCUT2D eigenvalue weighted by Gasteiger charge is 2.55. The van der Waals surface area contributed by atoms with Gasteiger partial charge >= 0.3 is 6.18 Å². The molecule has 3 aromatic carbocycles. The Morgan fingerprint density at radius 3 is 1.82 bits per heavy atom. The summed E-state index contributed by atoms with van der Waals surface area (Å²) < 4.78 is 40.4. The molecular formula is C22H18F3NO2. The van der Waals surface area contributed by atoms with Crippen LogP contribution in [0.2, 0.25) is 0 Å². The first-order chi connectivity index (χ1) is 13.3. The highest BCUT2D eigenvalue weighted by molar-refractivity contribution is 5.94. The van der Waals surface area contributed by atoms with Crippen LogP contribution in [0.3, 0.4) is 0 Å². The molecule has 0 radical (unpaired) electrons. The number of nitrogens with one attached hydrogen (secondary N) is 1. The molecule has 1 amide bonds. The van der Waals surface area contributed by atoms with Gasteiger partial charge in [0.25, 0.3) is 5.91 Å². The summed E-state index contributed by atoms with van der Waals surface area (Å²) in [6.45, 7) is -0.986. The third-order valence-corrected chi connectivity index (χ3v) is 4.48. The molecule has 0 aromatic heterocycles. The van der Waals surface area contributed by atoms with Crippen molar-refractivity contribution < 1.29 is 23.1 Å². The molecule has 144 valence electrons. The monoisotopic (exact) mass is 385 g/mol. The number of halogens is 3. The van der Waals surface area contributed by atoms with E-state index in [1.165, 1.54) is 36.4 Å². The van der Waals surface area contributed by atoms with Crippen LogP contribution in [-0.2, 0) is 5.60 Å². The number of carbonyl (C=O) groups excluding carboxylic acids is 1. The maximum atomic E-state index is 13.5. The van der Waals surface area contributed by atoms with Crippen LogP contribution >= 0.6 is 0 Å². The van der Waals surface area contributed by atoms with Gasteiger partial charge in [-0.3, -0.25) is 4.79 Å². The SMILES string of the molecule is O=C(NCC(O)(c1ccccc1)C(F)(F)F)c1ccc(-c2ccccc2)cc1. The van der Waals surface area contributed by atoms with Crippen LogP contribution in [0.1, 0.15) is 15.9 Å². The Kier molecular flexibility index (Phi) is 5.51. The van der Waals surface area contributed by atoms with Crippen molar-refractivity contribution in [2.45, 2.75) is 11.8 Å². The molecule has 0 fully saturated rings. The fourth-order valence-corrected chi connectivity index (χ4v) is 2.83. The quantitative estimate of drug-likeness (QED) is 0.678. The zero-order valence-corrected chi connectivity index (χ0v) is 14.8. The lowest BCUT2D eigenvalue weighted by Gasteiger charge is -2.31. The Labute approximate surface area is 160 Å². The highest BCUT2D eigenvalue weighted by Crippen LogP contribution is 2.38. The molecule has 0 heterocycles. The van der Waals surface area contributed by atoms with Crippen LogP contribution in [0.15, 0.2) is 84.9 Å². The molecule has 3 rings (SSSR count). The molecule has 3 aromatic rings. The molecule has 0 bridgehead atoms. The zero-order chi connectivity index (χ0) is 20.2. The Bertz CT molecular complexity index is 926. The number of alkyl halides is 3. The number of benzene rings is 3. The predicted octanol–water partition coefficient (Wildman–Crippen LogP) is 4.53. The summed E-state index contributed by atoms with van der Waals surface area (Å²) in [5.41, 5.74) is -1.45. The Morgan fingerprint density at radius 2 is 1.29 bits per heavy atom. The lowest BCUT2D eigenvalue weighted by Crippen LogP contribution is -2.51. The Hall–Kier alpha value is -3.12. The summed E-state index contributed by atoms with van der Waals surface area (Å²) in [6, 6.07) is 22.7. The van der Waals surface area contributed by atoms with E-state index in [0.29, 0.717) is 0 Å². The summed E-state index contributed by atoms with van der Waals surface area (Å²) in [4.78, 5) is 12.3. The fraction of sp³-hybridized carbons (Fsp3) is 0.136. The van der Waals surface area contributed by atoms with Crippen molar-refractivity contribution in [1.29, 1.82) is 0 Å². The van der Waals surface area contributed by atoms with Gasteiger partial charge in [-0.1, -0.05) is 72.8 Å². The first-order valence-corrected chi connectivity index (χ1v) is 8.59. The lowest BCUT2D eigenvalue weighted by atomic mass is 9.93. The molecule has 0 saturated carbocycles. The molecule has 28 heavy (non-hydrogen) atoms. The molecule has 2 N–H and O–H groups in total. The largest absolute Gasteiger partial charge is 0.423 e. The van der Waals surface area contributed by atoms with Gasteiger partial charge in [0.2, 0.25) is 5.60 Å². The summed E-state index contributed by atoms with van der Waals surface area (Å²) in [6.07, 6.45) is -4.95. The van der Waals surface area contributed by atoms with Crippen molar-refractivity contribution in [3.05, 3.63) is 96.1 Å². The van der Waals surface area contributed by atoms with E-state index in [1.807, 2.05) is 30.3 Å². The van der Waals surface area contributed by atoms with Crippen molar-refractivity contribution in [2.75, 3.05) is 6.54 Å². The molecule has 3 nitrogen and oxygen atoms in total. The number of carbonyl (C=O) groups is 1. The summed E-state index contributed by atoms with van der Waals surface area (Å²) in [5.74, 6) is -0.696. The normalized spacial score (nSPS) is 13.6. The van der Waals surface area contributed by atoms with Crippen molar-refractivity contribution in [3.8, 4) is 11.1 Å². The van der Waals surface area contributed by atoms with Gasteiger partial charge < -0.3 is 10.4 Å². The van der Waals surface area contributed by atoms with Gasteiger partial charge in [0.1, 0.15) is 0 Å². The molecular weight excluding hydrogens is 367 g/mol. The molecule has 6 heteroatoms. The maximum Gasteiger partial charge on any atom is 0.423 e. The van der Waals surface area contributed by atoms with Crippen molar-refractivity contribution in [2.24, 2.45) is 0 Å². The minimum Gasteiger partial charge on any atom is -0.375 e. The summed E-state index contributed by atoms with van der Waals surface area (Å²) >= 11 is 0. The van der Waals surface area contributed by atoms with E-state index in [0.717, 1.165) is 11.1 Å².